The van der Waals surface area contributed by atoms with Gasteiger partial charge in [-0.05, 0) is 37.1 Å². The highest BCUT2D eigenvalue weighted by Crippen LogP contribution is 2.32. The first kappa shape index (κ1) is 25.9. The van der Waals surface area contributed by atoms with Crippen LogP contribution in [0.15, 0.2) is 78.9 Å². The number of aryl methyl sites for hydroxylation is 1. The number of benzene rings is 3. The van der Waals surface area contributed by atoms with Crippen LogP contribution in [0.4, 0.5) is 5.69 Å². The van der Waals surface area contributed by atoms with E-state index in [9.17, 15) is 10.1 Å². The lowest BCUT2D eigenvalue weighted by molar-refractivity contribution is -0.384. The van der Waals surface area contributed by atoms with Gasteiger partial charge in [-0.1, -0.05) is 60.7 Å². The summed E-state index contributed by atoms with van der Waals surface area (Å²) < 4.78 is 2.32. The lowest BCUT2D eigenvalue weighted by atomic mass is 10.1. The molecule has 0 spiro atoms. The van der Waals surface area contributed by atoms with Crippen LogP contribution in [-0.2, 0) is 6.54 Å². The van der Waals surface area contributed by atoms with Crippen LogP contribution in [0.2, 0.25) is 0 Å². The Bertz CT molecular complexity index is 1330. The van der Waals surface area contributed by atoms with Crippen molar-refractivity contribution in [1.29, 1.82) is 0 Å². The molecule has 2 heterocycles. The number of para-hydroxylation sites is 1. The minimum absolute atomic E-state index is 0. The van der Waals surface area contributed by atoms with Gasteiger partial charge in [0.1, 0.15) is 0 Å². The first-order valence-electron chi connectivity index (χ1n) is 12.5. The molecular weight excluding hydrogens is 472 g/mol. The molecule has 1 aliphatic heterocycles. The van der Waals surface area contributed by atoms with Crippen molar-refractivity contribution in [2.75, 3.05) is 39.3 Å². The summed E-state index contributed by atoms with van der Waals surface area (Å²) in [5.41, 5.74) is 3.64. The number of non-ortho nitro benzene ring substituents is 1. The largest absolute Gasteiger partial charge is 0.340 e. The Morgan fingerprint density at radius 1 is 0.778 bits per heavy atom. The Hall–Kier alpha value is -3.19. The quantitative estimate of drug-likeness (QED) is 0.154. The van der Waals surface area contributed by atoms with Gasteiger partial charge in [0.2, 0.25) is 0 Å². The fourth-order valence-corrected chi connectivity index (χ4v) is 5.10. The van der Waals surface area contributed by atoms with Crippen LogP contribution in [-0.4, -0.2) is 58.6 Å². The second-order valence-corrected chi connectivity index (χ2v) is 9.29. The van der Waals surface area contributed by atoms with Crippen LogP contribution in [0, 0.1) is 10.1 Å². The molecule has 3 aromatic carbocycles. The summed E-state index contributed by atoms with van der Waals surface area (Å²) >= 11 is 0. The van der Waals surface area contributed by atoms with E-state index in [2.05, 4.69) is 62.9 Å². The molecule has 6 nitrogen and oxygen atoms in total. The van der Waals surface area contributed by atoms with Gasteiger partial charge in [0.05, 0.1) is 4.92 Å². The van der Waals surface area contributed by atoms with Crippen LogP contribution in [0.25, 0.3) is 27.9 Å². The summed E-state index contributed by atoms with van der Waals surface area (Å²) in [5.74, 6) is 0. The molecule has 1 saturated heterocycles. The number of rotatable bonds is 9. The van der Waals surface area contributed by atoms with Crippen molar-refractivity contribution >= 4 is 46.0 Å². The summed E-state index contributed by atoms with van der Waals surface area (Å²) in [4.78, 5) is 16.1. The first-order chi connectivity index (χ1) is 17.2. The highest BCUT2D eigenvalue weighted by atomic mass is 35.5. The van der Waals surface area contributed by atoms with Crippen molar-refractivity contribution in [2.45, 2.75) is 19.4 Å². The van der Waals surface area contributed by atoms with Crippen molar-refractivity contribution in [3.63, 3.8) is 0 Å². The fourth-order valence-electron chi connectivity index (χ4n) is 5.10. The molecule has 1 aliphatic rings. The molecule has 0 atom stereocenters. The molecule has 0 radical (unpaired) electrons. The van der Waals surface area contributed by atoms with Gasteiger partial charge in [-0.2, -0.15) is 0 Å². The van der Waals surface area contributed by atoms with E-state index in [4.69, 9.17) is 0 Å². The van der Waals surface area contributed by atoms with Crippen molar-refractivity contribution in [3.05, 3.63) is 94.6 Å². The maximum Gasteiger partial charge on any atom is 0.270 e. The van der Waals surface area contributed by atoms with Gasteiger partial charge >= 0.3 is 0 Å². The van der Waals surface area contributed by atoms with E-state index >= 15 is 0 Å². The molecule has 5 rings (SSSR count). The number of nitrogens with zero attached hydrogens (tertiary/aromatic N) is 4. The first-order valence-corrected chi connectivity index (χ1v) is 12.5. The molecule has 4 aromatic rings. The number of hydrogen-bond acceptors (Lipinski definition) is 4. The van der Waals surface area contributed by atoms with Gasteiger partial charge in [0.15, 0.2) is 0 Å². The lowest BCUT2D eigenvalue weighted by Gasteiger charge is -2.34. The molecule has 0 unspecified atom stereocenters. The van der Waals surface area contributed by atoms with E-state index in [-0.39, 0.29) is 23.0 Å². The zero-order valence-corrected chi connectivity index (χ0v) is 21.3. The third-order valence-electron chi connectivity index (χ3n) is 7.01. The number of nitro groups is 1. The van der Waals surface area contributed by atoms with Crippen LogP contribution in [0.3, 0.4) is 0 Å². The molecule has 0 bridgehead atoms. The smallest absolute Gasteiger partial charge is 0.270 e. The zero-order valence-electron chi connectivity index (χ0n) is 20.5. The monoisotopic (exact) mass is 504 g/mol. The Kier molecular flexibility index (Phi) is 8.75. The third-order valence-corrected chi connectivity index (χ3v) is 7.01. The van der Waals surface area contributed by atoms with Crippen LogP contribution in [0.1, 0.15) is 18.4 Å². The molecule has 0 aliphatic carbocycles. The van der Waals surface area contributed by atoms with Gasteiger partial charge < -0.3 is 9.47 Å². The highest BCUT2D eigenvalue weighted by molar-refractivity contribution is 6.08. The van der Waals surface area contributed by atoms with E-state index < -0.39 is 0 Å². The summed E-state index contributed by atoms with van der Waals surface area (Å²) in [7, 11) is 0. The van der Waals surface area contributed by atoms with Crippen molar-refractivity contribution in [1.82, 2.24) is 14.4 Å². The number of fused-ring (bicyclic) bond motifs is 3. The van der Waals surface area contributed by atoms with E-state index in [1.165, 1.54) is 5.56 Å². The molecule has 36 heavy (non-hydrogen) atoms. The zero-order chi connectivity index (χ0) is 24.0. The van der Waals surface area contributed by atoms with E-state index in [0.29, 0.717) is 0 Å². The van der Waals surface area contributed by atoms with E-state index in [1.54, 1.807) is 12.1 Å². The molecule has 0 amide bonds. The summed E-state index contributed by atoms with van der Waals surface area (Å²) in [6, 6.07) is 23.9. The average Bonchev–Trinajstić information content (AvgIpc) is 3.21. The number of aromatic nitrogens is 1. The minimum Gasteiger partial charge on any atom is -0.340 e. The Labute approximate surface area is 218 Å². The van der Waals surface area contributed by atoms with Crippen LogP contribution >= 0.6 is 12.4 Å². The van der Waals surface area contributed by atoms with Crippen molar-refractivity contribution in [3.8, 4) is 0 Å². The Morgan fingerprint density at radius 3 is 2.22 bits per heavy atom. The second kappa shape index (κ2) is 12.2. The van der Waals surface area contributed by atoms with Gasteiger partial charge in [0, 0.05) is 73.2 Å². The molecule has 1 fully saturated rings. The summed E-state index contributed by atoms with van der Waals surface area (Å²) in [5, 5.41) is 13.3. The van der Waals surface area contributed by atoms with Crippen molar-refractivity contribution < 1.29 is 4.92 Å². The van der Waals surface area contributed by atoms with Crippen LogP contribution in [0.5, 0.6) is 0 Å². The average molecular weight is 505 g/mol. The van der Waals surface area contributed by atoms with E-state index in [0.717, 1.165) is 80.5 Å². The number of nitro benzene ring substituents is 1. The predicted octanol–water partition coefficient (Wildman–Crippen LogP) is 6.24. The number of halogens is 1. The Balaban J connectivity index is 0.00000304. The second-order valence-electron chi connectivity index (χ2n) is 9.29. The number of piperazine rings is 1. The number of hydrogen-bond donors (Lipinski definition) is 0. The molecule has 1 aromatic heterocycles. The molecule has 7 heteroatoms. The lowest BCUT2D eigenvalue weighted by Crippen LogP contribution is -2.46. The van der Waals surface area contributed by atoms with Gasteiger partial charge in [-0.3, -0.25) is 15.0 Å². The number of unbranched alkanes of at least 4 members (excludes halogenated alkanes) is 1. The molecule has 0 N–H and O–H groups in total. The normalized spacial score (nSPS) is 15.0. The SMILES string of the molecule is Cl.O=[N+]([O-])c1ccc2c(c1)c1ccccc1n2CCCCN1CCN(C/C=C/c2ccccc2)CC1. The van der Waals surface area contributed by atoms with E-state index in [1.807, 2.05) is 24.3 Å². The van der Waals surface area contributed by atoms with Gasteiger partial charge in [-0.15, -0.1) is 12.4 Å². The predicted molar refractivity (Wildman–Crippen MR) is 151 cm³/mol. The Morgan fingerprint density at radius 2 is 1.44 bits per heavy atom. The fraction of sp³-hybridized carbons (Fsp3) is 0.310. The maximum atomic E-state index is 11.3. The standard InChI is InChI=1S/C29H32N4O2.ClH/c34-33(35)25-14-15-29-27(23-25)26-12-4-5-13-28(26)32(29)18-7-6-16-30-19-21-31(22-20-30)17-8-11-24-9-2-1-3-10-24;/h1-5,8-15,23H,6-7,16-22H2;1H/b11-8+;. The topological polar surface area (TPSA) is 54.6 Å². The molecule has 0 saturated carbocycles. The summed E-state index contributed by atoms with van der Waals surface area (Å²) in [6.07, 6.45) is 6.71. The highest BCUT2D eigenvalue weighted by Gasteiger charge is 2.16. The molecular formula is C29H33ClN4O2. The van der Waals surface area contributed by atoms with Crippen LogP contribution < -0.4 is 0 Å². The molecule has 188 valence electrons. The maximum absolute atomic E-state index is 11.3. The third kappa shape index (κ3) is 5.95. The van der Waals surface area contributed by atoms with Crippen molar-refractivity contribution in [2.24, 2.45) is 0 Å². The van der Waals surface area contributed by atoms with Gasteiger partial charge in [-0.25, -0.2) is 0 Å². The summed E-state index contributed by atoms with van der Waals surface area (Å²) in [6.45, 7) is 7.53. The minimum atomic E-state index is -0.315. The van der Waals surface area contributed by atoms with Gasteiger partial charge in [0.25, 0.3) is 5.69 Å².